The predicted octanol–water partition coefficient (Wildman–Crippen LogP) is 6.37. The number of carbonyl (C=O) groups excluding carboxylic acids is 2. The molecule has 38 heavy (non-hydrogen) atoms. The summed E-state index contributed by atoms with van der Waals surface area (Å²) < 4.78 is 7.45. The number of hydrogen-bond acceptors (Lipinski definition) is 5. The van der Waals surface area contributed by atoms with Crippen molar-refractivity contribution in [3.63, 3.8) is 0 Å². The van der Waals surface area contributed by atoms with E-state index >= 15 is 0 Å². The Morgan fingerprint density at radius 3 is 2.50 bits per heavy atom. The third-order valence-electron chi connectivity index (χ3n) is 6.29. The fraction of sp³-hybridized carbons (Fsp3) is 0.267. The largest absolute Gasteiger partial charge is 0.492 e. The number of unbranched alkanes of at least 4 members (excludes halogenated alkanes) is 1. The first-order chi connectivity index (χ1) is 18.4. The summed E-state index contributed by atoms with van der Waals surface area (Å²) in [7, 11) is 0. The highest BCUT2D eigenvalue weighted by Gasteiger charge is 2.35. The van der Waals surface area contributed by atoms with Crippen LogP contribution in [0.5, 0.6) is 5.75 Å². The number of nitrogens with zero attached hydrogens (tertiary/aromatic N) is 4. The molecule has 0 unspecified atom stereocenters. The fourth-order valence-electron chi connectivity index (χ4n) is 4.21. The van der Waals surface area contributed by atoms with Crippen LogP contribution in [0, 0.1) is 11.3 Å². The molecule has 7 nitrogen and oxygen atoms in total. The van der Waals surface area contributed by atoms with Crippen LogP contribution in [0.2, 0.25) is 5.02 Å². The van der Waals surface area contributed by atoms with Gasteiger partial charge in [0.25, 0.3) is 11.8 Å². The highest BCUT2D eigenvalue weighted by Crippen LogP contribution is 2.34. The van der Waals surface area contributed by atoms with Crippen molar-refractivity contribution in [3.8, 4) is 28.8 Å². The van der Waals surface area contributed by atoms with Crippen molar-refractivity contribution in [2.75, 3.05) is 13.2 Å². The molecule has 1 aliphatic heterocycles. The monoisotopic (exact) mass is 528 g/mol. The minimum absolute atomic E-state index is 0.0237. The van der Waals surface area contributed by atoms with E-state index in [0.29, 0.717) is 46.2 Å². The van der Waals surface area contributed by atoms with Gasteiger partial charge in [0, 0.05) is 29.4 Å². The van der Waals surface area contributed by atoms with Crippen LogP contribution in [-0.4, -0.2) is 39.6 Å². The van der Waals surface area contributed by atoms with Gasteiger partial charge in [0.1, 0.15) is 23.1 Å². The SMILES string of the molecule is CCCCN1C(=O)C(C#N)=C(C)/C(=C\c2cn(-c3ccccc3)nc2-c2ccc(OCCC)c(Cl)c2)C1=O. The normalized spacial score (nSPS) is 14.8. The highest BCUT2D eigenvalue weighted by atomic mass is 35.5. The number of imide groups is 1. The molecule has 2 amide bonds. The van der Waals surface area contributed by atoms with E-state index in [9.17, 15) is 14.9 Å². The highest BCUT2D eigenvalue weighted by molar-refractivity contribution is 6.32. The number of hydrogen-bond donors (Lipinski definition) is 0. The van der Waals surface area contributed by atoms with Crippen LogP contribution in [0.4, 0.5) is 0 Å². The molecule has 0 fully saturated rings. The van der Waals surface area contributed by atoms with Crippen LogP contribution >= 0.6 is 11.6 Å². The average molecular weight is 529 g/mol. The first kappa shape index (κ1) is 26.9. The molecule has 0 aliphatic carbocycles. The minimum Gasteiger partial charge on any atom is -0.492 e. The summed E-state index contributed by atoms with van der Waals surface area (Å²) >= 11 is 6.53. The lowest BCUT2D eigenvalue weighted by Crippen LogP contribution is -2.43. The molecular weight excluding hydrogens is 500 g/mol. The number of nitriles is 1. The summed E-state index contributed by atoms with van der Waals surface area (Å²) in [6, 6.07) is 17.1. The number of carbonyl (C=O) groups is 2. The first-order valence-electron chi connectivity index (χ1n) is 12.7. The Kier molecular flexibility index (Phi) is 8.45. The molecule has 2 aromatic carbocycles. The van der Waals surface area contributed by atoms with Crippen molar-refractivity contribution in [1.82, 2.24) is 14.7 Å². The van der Waals surface area contributed by atoms with E-state index in [1.54, 1.807) is 23.7 Å². The smallest absolute Gasteiger partial charge is 0.271 e. The molecule has 8 heteroatoms. The van der Waals surface area contributed by atoms with Gasteiger partial charge in [-0.2, -0.15) is 10.4 Å². The Hall–Kier alpha value is -4.15. The molecule has 0 bridgehead atoms. The number of aromatic nitrogens is 2. The summed E-state index contributed by atoms with van der Waals surface area (Å²) in [6.45, 7) is 6.46. The summed E-state index contributed by atoms with van der Waals surface area (Å²) in [5.74, 6) is -0.375. The summed E-state index contributed by atoms with van der Waals surface area (Å²) in [5.41, 5.74) is 3.45. The molecule has 194 valence electrons. The third kappa shape index (κ3) is 5.41. The number of benzene rings is 2. The molecule has 0 saturated heterocycles. The molecule has 2 heterocycles. The number of amides is 2. The molecule has 4 rings (SSSR count). The lowest BCUT2D eigenvalue weighted by atomic mass is 9.93. The van der Waals surface area contributed by atoms with Crippen LogP contribution in [0.25, 0.3) is 23.0 Å². The number of para-hydroxylation sites is 1. The second-order valence-electron chi connectivity index (χ2n) is 8.99. The van der Waals surface area contributed by atoms with E-state index < -0.39 is 11.8 Å². The molecule has 0 N–H and O–H groups in total. The standard InChI is InChI=1S/C30H29ClN4O3/c1-4-6-14-34-29(36)24(20(3)25(18-32)30(34)37)16-22-19-35(23-10-8-7-9-11-23)33-28(22)21-12-13-27(26(31)17-21)38-15-5-2/h7-13,16-17,19H,4-6,14-15H2,1-3H3/b24-16+. The maximum atomic E-state index is 13.5. The van der Waals surface area contributed by atoms with Crippen LogP contribution in [0.15, 0.2) is 71.4 Å². The van der Waals surface area contributed by atoms with Gasteiger partial charge < -0.3 is 4.74 Å². The molecule has 0 atom stereocenters. The van der Waals surface area contributed by atoms with Gasteiger partial charge in [-0.25, -0.2) is 4.68 Å². The predicted molar refractivity (Wildman–Crippen MR) is 148 cm³/mol. The van der Waals surface area contributed by atoms with Crippen molar-refractivity contribution >= 4 is 29.5 Å². The van der Waals surface area contributed by atoms with Gasteiger partial charge in [-0.15, -0.1) is 0 Å². The zero-order valence-electron chi connectivity index (χ0n) is 21.7. The van der Waals surface area contributed by atoms with Crippen molar-refractivity contribution in [2.24, 2.45) is 0 Å². The van der Waals surface area contributed by atoms with E-state index in [-0.39, 0.29) is 12.1 Å². The number of halogens is 1. The van der Waals surface area contributed by atoms with Crippen LogP contribution in [0.3, 0.4) is 0 Å². The van der Waals surface area contributed by atoms with Crippen molar-refractivity contribution < 1.29 is 14.3 Å². The Balaban J connectivity index is 1.87. The Bertz CT molecular complexity index is 1460. The van der Waals surface area contributed by atoms with Crippen LogP contribution < -0.4 is 4.74 Å². The van der Waals surface area contributed by atoms with Gasteiger partial charge in [-0.1, -0.05) is 50.1 Å². The molecule has 1 aliphatic rings. The van der Waals surface area contributed by atoms with Gasteiger partial charge in [0.2, 0.25) is 0 Å². The van der Waals surface area contributed by atoms with Gasteiger partial charge in [-0.3, -0.25) is 14.5 Å². The molecule has 3 aromatic rings. The van der Waals surface area contributed by atoms with Gasteiger partial charge >= 0.3 is 0 Å². The Morgan fingerprint density at radius 1 is 1.08 bits per heavy atom. The van der Waals surface area contributed by atoms with Gasteiger partial charge in [0.15, 0.2) is 0 Å². The van der Waals surface area contributed by atoms with E-state index in [1.807, 2.05) is 68.6 Å². The summed E-state index contributed by atoms with van der Waals surface area (Å²) in [6.07, 6.45) is 5.86. The second-order valence-corrected chi connectivity index (χ2v) is 9.40. The quantitative estimate of drug-likeness (QED) is 0.238. The number of ether oxygens (including phenoxy) is 1. The Morgan fingerprint density at radius 2 is 1.84 bits per heavy atom. The van der Waals surface area contributed by atoms with Crippen molar-refractivity contribution in [1.29, 1.82) is 5.26 Å². The molecule has 0 saturated carbocycles. The lowest BCUT2D eigenvalue weighted by molar-refractivity contribution is -0.140. The van der Waals surface area contributed by atoms with Gasteiger partial charge in [-0.05, 0) is 61.7 Å². The molecule has 0 radical (unpaired) electrons. The maximum absolute atomic E-state index is 13.5. The van der Waals surface area contributed by atoms with Gasteiger partial charge in [0.05, 0.1) is 17.3 Å². The average Bonchev–Trinajstić information content (AvgIpc) is 3.35. The molecular formula is C30H29ClN4O3. The minimum atomic E-state index is -0.546. The van der Waals surface area contributed by atoms with E-state index in [4.69, 9.17) is 21.4 Å². The zero-order valence-corrected chi connectivity index (χ0v) is 22.5. The van der Waals surface area contributed by atoms with Crippen molar-refractivity contribution in [3.05, 3.63) is 82.0 Å². The lowest BCUT2D eigenvalue weighted by Gasteiger charge is -2.27. The second kappa shape index (κ2) is 11.9. The fourth-order valence-corrected chi connectivity index (χ4v) is 4.45. The van der Waals surface area contributed by atoms with Crippen LogP contribution in [0.1, 0.15) is 45.6 Å². The summed E-state index contributed by atoms with van der Waals surface area (Å²) in [4.78, 5) is 27.5. The van der Waals surface area contributed by atoms with E-state index in [1.165, 1.54) is 4.90 Å². The first-order valence-corrected chi connectivity index (χ1v) is 13.0. The maximum Gasteiger partial charge on any atom is 0.271 e. The van der Waals surface area contributed by atoms with Crippen LogP contribution in [-0.2, 0) is 9.59 Å². The van der Waals surface area contributed by atoms with E-state index in [2.05, 4.69) is 0 Å². The number of rotatable bonds is 9. The topological polar surface area (TPSA) is 88.2 Å². The molecule has 0 spiro atoms. The van der Waals surface area contributed by atoms with E-state index in [0.717, 1.165) is 24.1 Å². The third-order valence-corrected chi connectivity index (χ3v) is 6.59. The van der Waals surface area contributed by atoms with Crippen molar-refractivity contribution in [2.45, 2.75) is 40.0 Å². The summed E-state index contributed by atoms with van der Waals surface area (Å²) in [5, 5.41) is 15.0. The zero-order chi connectivity index (χ0) is 27.2. The Labute approximate surface area is 227 Å². The molecule has 1 aromatic heterocycles.